The number of carbonyl (C=O) groups is 2. The number of ether oxygens (including phenoxy) is 2. The highest BCUT2D eigenvalue weighted by Crippen LogP contribution is 2.27. The summed E-state index contributed by atoms with van der Waals surface area (Å²) in [7, 11) is 0. The van der Waals surface area contributed by atoms with Crippen molar-refractivity contribution < 1.29 is 24.2 Å². The van der Waals surface area contributed by atoms with Crippen LogP contribution in [0.3, 0.4) is 0 Å². The second kappa shape index (κ2) is 17.4. The van der Waals surface area contributed by atoms with Gasteiger partial charge in [0.25, 0.3) is 0 Å². The third-order valence-corrected chi connectivity index (χ3v) is 7.30. The van der Waals surface area contributed by atoms with Gasteiger partial charge in [0.15, 0.2) is 5.78 Å². The smallest absolute Gasteiger partial charge is 0.338 e. The quantitative estimate of drug-likeness (QED) is 0.0920. The number of esters is 1. The lowest BCUT2D eigenvalue weighted by atomic mass is 10.0. The van der Waals surface area contributed by atoms with Crippen molar-refractivity contribution >= 4 is 22.5 Å². The van der Waals surface area contributed by atoms with Gasteiger partial charge in [-0.05, 0) is 59.5 Å². The average molecular weight is 547 g/mol. The second-order valence-electron chi connectivity index (χ2n) is 10.7. The monoisotopic (exact) mass is 546 g/mol. The fourth-order valence-electron chi connectivity index (χ4n) is 4.85. The van der Waals surface area contributed by atoms with Crippen LogP contribution in [0.15, 0.2) is 54.6 Å². The van der Waals surface area contributed by atoms with E-state index in [1.165, 1.54) is 51.0 Å². The van der Waals surface area contributed by atoms with Crippen LogP contribution in [0, 0.1) is 0 Å². The maximum atomic E-state index is 12.5. The molecule has 0 amide bonds. The normalized spacial score (nSPS) is 11.1. The number of ketones is 1. The molecule has 0 bridgehead atoms. The van der Waals surface area contributed by atoms with Crippen LogP contribution >= 0.6 is 0 Å². The molecule has 0 atom stereocenters. The first-order valence-electron chi connectivity index (χ1n) is 15.2. The van der Waals surface area contributed by atoms with Gasteiger partial charge in [-0.25, -0.2) is 4.79 Å². The molecule has 0 aromatic heterocycles. The number of phenols is 1. The van der Waals surface area contributed by atoms with E-state index < -0.39 is 0 Å². The zero-order valence-electron chi connectivity index (χ0n) is 24.4. The van der Waals surface area contributed by atoms with Gasteiger partial charge < -0.3 is 14.6 Å². The molecule has 0 fully saturated rings. The average Bonchev–Trinajstić information content (AvgIpc) is 2.96. The van der Waals surface area contributed by atoms with Crippen molar-refractivity contribution in [1.82, 2.24) is 0 Å². The number of hydrogen-bond acceptors (Lipinski definition) is 5. The molecular weight excluding hydrogens is 500 g/mol. The molecule has 0 saturated carbocycles. The van der Waals surface area contributed by atoms with Crippen LogP contribution in [-0.2, 0) is 11.3 Å². The van der Waals surface area contributed by atoms with Gasteiger partial charge >= 0.3 is 5.97 Å². The molecule has 1 N–H and O–H groups in total. The molecule has 0 spiro atoms. The summed E-state index contributed by atoms with van der Waals surface area (Å²) in [5, 5.41) is 12.4. The molecule has 5 nitrogen and oxygen atoms in total. The van der Waals surface area contributed by atoms with Crippen LogP contribution in [0.4, 0.5) is 0 Å². The fraction of sp³-hybridized carbons (Fsp3) is 0.486. The molecule has 0 radical (unpaired) electrons. The summed E-state index contributed by atoms with van der Waals surface area (Å²) in [6.07, 6.45) is 14.1. The molecule has 3 rings (SSSR count). The Bertz CT molecular complexity index is 1220. The maximum absolute atomic E-state index is 12.5. The van der Waals surface area contributed by atoms with Crippen molar-refractivity contribution in [3.05, 3.63) is 71.3 Å². The summed E-state index contributed by atoms with van der Waals surface area (Å²) in [5.74, 6) is 0.163. The number of rotatable bonds is 19. The second-order valence-corrected chi connectivity index (χ2v) is 10.7. The van der Waals surface area contributed by atoms with Gasteiger partial charge in [-0.3, -0.25) is 4.79 Å². The van der Waals surface area contributed by atoms with Crippen LogP contribution in [-0.4, -0.2) is 23.5 Å². The molecule has 0 unspecified atom stereocenters. The lowest BCUT2D eigenvalue weighted by Gasteiger charge is -2.10. The van der Waals surface area contributed by atoms with E-state index in [-0.39, 0.29) is 17.5 Å². The summed E-state index contributed by atoms with van der Waals surface area (Å²) < 4.78 is 11.4. The van der Waals surface area contributed by atoms with Crippen molar-refractivity contribution in [3.63, 3.8) is 0 Å². The summed E-state index contributed by atoms with van der Waals surface area (Å²) >= 11 is 0. The Hall–Kier alpha value is -3.34. The Morgan fingerprint density at radius 2 is 1.35 bits per heavy atom. The molecule has 0 aliphatic heterocycles. The minimum Gasteiger partial charge on any atom is -0.507 e. The molecule has 0 aliphatic carbocycles. The predicted molar refractivity (Wildman–Crippen MR) is 162 cm³/mol. The van der Waals surface area contributed by atoms with Crippen molar-refractivity contribution in [1.29, 1.82) is 0 Å². The molecule has 3 aromatic rings. The van der Waals surface area contributed by atoms with Gasteiger partial charge in [-0.1, -0.05) is 96.3 Å². The topological polar surface area (TPSA) is 72.8 Å². The first-order valence-corrected chi connectivity index (χ1v) is 15.2. The zero-order valence-corrected chi connectivity index (χ0v) is 24.4. The number of Topliss-reactive ketones (excluding diaryl/α,β-unsaturated/α-hetero) is 1. The number of aromatic hydroxyl groups is 1. The van der Waals surface area contributed by atoms with Gasteiger partial charge in [0, 0.05) is 12.5 Å². The first-order chi connectivity index (χ1) is 19.5. The fourth-order valence-corrected chi connectivity index (χ4v) is 4.85. The van der Waals surface area contributed by atoms with Crippen LogP contribution < -0.4 is 4.74 Å². The van der Waals surface area contributed by atoms with Crippen LogP contribution in [0.2, 0.25) is 0 Å². The molecular formula is C35H46O5. The van der Waals surface area contributed by atoms with Crippen LogP contribution in [0.1, 0.15) is 124 Å². The molecule has 0 saturated heterocycles. The maximum Gasteiger partial charge on any atom is 0.338 e. The Morgan fingerprint density at radius 3 is 2.08 bits per heavy atom. The molecule has 0 heterocycles. The molecule has 216 valence electrons. The third-order valence-electron chi connectivity index (χ3n) is 7.30. The van der Waals surface area contributed by atoms with E-state index in [1.807, 2.05) is 30.3 Å². The van der Waals surface area contributed by atoms with E-state index in [0.717, 1.165) is 48.4 Å². The van der Waals surface area contributed by atoms with Gasteiger partial charge in [0.05, 0.1) is 17.7 Å². The Labute approximate surface area is 239 Å². The number of hydrogen-bond donors (Lipinski definition) is 1. The zero-order chi connectivity index (χ0) is 28.6. The Morgan fingerprint density at radius 1 is 0.700 bits per heavy atom. The molecule has 0 aliphatic rings. The molecule has 3 aromatic carbocycles. The summed E-state index contributed by atoms with van der Waals surface area (Å²) in [6.45, 7) is 5.18. The highest BCUT2D eigenvalue weighted by atomic mass is 16.5. The lowest BCUT2D eigenvalue weighted by molar-refractivity contribution is 0.0497. The lowest BCUT2D eigenvalue weighted by Crippen LogP contribution is -2.06. The highest BCUT2D eigenvalue weighted by molar-refractivity contribution is 5.98. The number of carbonyl (C=O) groups excluding carboxylic acids is 2. The first kappa shape index (κ1) is 31.2. The van der Waals surface area contributed by atoms with Crippen molar-refractivity contribution in [2.24, 2.45) is 0 Å². The largest absolute Gasteiger partial charge is 0.507 e. The highest BCUT2D eigenvalue weighted by Gasteiger charge is 2.13. The van der Waals surface area contributed by atoms with Gasteiger partial charge in [0.1, 0.15) is 18.1 Å². The number of benzene rings is 3. The number of fused-ring (bicyclic) bond motifs is 1. The standard InChI is InChI=1S/C35H46O5/c1-3-5-7-9-11-13-15-33(36)32-21-20-31(25-34(32)37)40-26-27-16-17-29-24-30(19-18-28(29)23-27)35(38)39-22-14-12-10-8-6-4-2/h16-21,23-25,37H,3-15,22,26H2,1-2H3. The predicted octanol–water partition coefficient (Wildman–Crippen LogP) is 9.57. The Balaban J connectivity index is 1.47. The van der Waals surface area contributed by atoms with E-state index in [4.69, 9.17) is 9.47 Å². The van der Waals surface area contributed by atoms with Gasteiger partial charge in [-0.2, -0.15) is 0 Å². The minimum absolute atomic E-state index is 0.0280. The minimum atomic E-state index is -0.281. The molecule has 5 heteroatoms. The third kappa shape index (κ3) is 10.3. The van der Waals surface area contributed by atoms with Gasteiger partial charge in [-0.15, -0.1) is 0 Å². The summed E-state index contributed by atoms with van der Waals surface area (Å²) in [6, 6.07) is 16.5. The summed E-state index contributed by atoms with van der Waals surface area (Å²) in [5.41, 5.74) is 1.88. The van der Waals surface area contributed by atoms with Crippen molar-refractivity contribution in [3.8, 4) is 11.5 Å². The van der Waals surface area contributed by atoms with E-state index in [9.17, 15) is 14.7 Å². The van der Waals surface area contributed by atoms with E-state index in [2.05, 4.69) is 13.8 Å². The van der Waals surface area contributed by atoms with Crippen molar-refractivity contribution in [2.75, 3.05) is 6.61 Å². The van der Waals surface area contributed by atoms with Crippen LogP contribution in [0.5, 0.6) is 11.5 Å². The number of unbranched alkanes of at least 4 members (excludes halogenated alkanes) is 10. The summed E-state index contributed by atoms with van der Waals surface area (Å²) in [4.78, 5) is 25.0. The van der Waals surface area contributed by atoms with E-state index in [0.29, 0.717) is 36.5 Å². The van der Waals surface area contributed by atoms with E-state index >= 15 is 0 Å². The SMILES string of the molecule is CCCCCCCCOC(=O)c1ccc2cc(COc3ccc(C(=O)CCCCCCCC)c(O)c3)ccc2c1. The number of phenolic OH excluding ortho intramolecular Hbond substituents is 1. The van der Waals surface area contributed by atoms with Crippen LogP contribution in [0.25, 0.3) is 10.8 Å². The van der Waals surface area contributed by atoms with E-state index in [1.54, 1.807) is 18.2 Å². The van der Waals surface area contributed by atoms with Crippen molar-refractivity contribution in [2.45, 2.75) is 104 Å². The van der Waals surface area contributed by atoms with Gasteiger partial charge in [0.2, 0.25) is 0 Å². The molecule has 40 heavy (non-hydrogen) atoms. The Kier molecular flexibility index (Phi) is 13.5.